The van der Waals surface area contributed by atoms with Crippen LogP contribution in [0.15, 0.2) is 18.2 Å². The molecule has 1 aromatic rings. The van der Waals surface area contributed by atoms with Crippen LogP contribution in [0.5, 0.6) is 0 Å². The number of amides is 1. The molecule has 2 N–H and O–H groups in total. The summed E-state index contributed by atoms with van der Waals surface area (Å²) in [6.45, 7) is 4.77. The van der Waals surface area contributed by atoms with Gasteiger partial charge in [-0.3, -0.25) is 4.79 Å². The number of hydrogen-bond donors (Lipinski definition) is 2. The standard InChI is InChI=1S/C13H16ClN3O/c1-3-16-9(2)6-13(18)17-12-5-4-10(8-15)7-11(12)14/h4-5,7,9,16H,3,6H2,1-2H3,(H,17,18). The Morgan fingerprint density at radius 1 is 1.56 bits per heavy atom. The number of nitrogens with zero attached hydrogens (tertiary/aromatic N) is 1. The molecule has 0 bridgehead atoms. The summed E-state index contributed by atoms with van der Waals surface area (Å²) in [6.07, 6.45) is 0.379. The summed E-state index contributed by atoms with van der Waals surface area (Å²) in [5, 5.41) is 15.0. The fourth-order valence-corrected chi connectivity index (χ4v) is 1.81. The highest BCUT2D eigenvalue weighted by molar-refractivity contribution is 6.33. The predicted molar refractivity (Wildman–Crippen MR) is 72.6 cm³/mol. The maximum absolute atomic E-state index is 11.7. The van der Waals surface area contributed by atoms with E-state index in [2.05, 4.69) is 10.6 Å². The van der Waals surface area contributed by atoms with Crippen molar-refractivity contribution in [2.75, 3.05) is 11.9 Å². The average Bonchev–Trinajstić information content (AvgIpc) is 2.31. The van der Waals surface area contributed by atoms with E-state index >= 15 is 0 Å². The minimum atomic E-state index is -0.102. The minimum Gasteiger partial charge on any atom is -0.325 e. The van der Waals surface area contributed by atoms with Crippen LogP contribution in [0.4, 0.5) is 5.69 Å². The van der Waals surface area contributed by atoms with Gasteiger partial charge in [0.2, 0.25) is 5.91 Å². The fourth-order valence-electron chi connectivity index (χ4n) is 1.59. The fraction of sp³-hybridized carbons (Fsp3) is 0.385. The topological polar surface area (TPSA) is 64.9 Å². The molecule has 1 aromatic carbocycles. The van der Waals surface area contributed by atoms with Crippen LogP contribution in [0.2, 0.25) is 5.02 Å². The number of anilines is 1. The average molecular weight is 266 g/mol. The van der Waals surface area contributed by atoms with E-state index in [1.54, 1.807) is 12.1 Å². The van der Waals surface area contributed by atoms with E-state index in [-0.39, 0.29) is 11.9 Å². The molecule has 0 heterocycles. The number of halogens is 1. The third-order valence-corrected chi connectivity index (χ3v) is 2.73. The predicted octanol–water partition coefficient (Wildman–Crippen LogP) is 2.54. The molecular formula is C13H16ClN3O. The van der Waals surface area contributed by atoms with Crippen molar-refractivity contribution < 1.29 is 4.79 Å². The lowest BCUT2D eigenvalue weighted by Gasteiger charge is -2.12. The Labute approximate surface area is 112 Å². The van der Waals surface area contributed by atoms with E-state index in [0.29, 0.717) is 22.7 Å². The van der Waals surface area contributed by atoms with Crippen molar-refractivity contribution in [1.29, 1.82) is 5.26 Å². The van der Waals surface area contributed by atoms with Crippen LogP contribution in [-0.4, -0.2) is 18.5 Å². The molecule has 0 aliphatic rings. The van der Waals surface area contributed by atoms with Crippen LogP contribution in [0, 0.1) is 11.3 Å². The summed E-state index contributed by atoms with van der Waals surface area (Å²) >= 11 is 5.97. The number of rotatable bonds is 5. The third-order valence-electron chi connectivity index (χ3n) is 2.42. The first-order chi connectivity index (χ1) is 8.56. The molecule has 0 aliphatic carbocycles. The van der Waals surface area contributed by atoms with Crippen LogP contribution >= 0.6 is 11.6 Å². The Bertz CT molecular complexity index is 468. The summed E-state index contributed by atoms with van der Waals surface area (Å²) in [6, 6.07) is 6.90. The Morgan fingerprint density at radius 3 is 2.83 bits per heavy atom. The molecular weight excluding hydrogens is 250 g/mol. The van der Waals surface area contributed by atoms with Gasteiger partial charge in [0, 0.05) is 12.5 Å². The third kappa shape index (κ3) is 4.36. The quantitative estimate of drug-likeness (QED) is 0.860. The molecule has 4 nitrogen and oxygen atoms in total. The lowest BCUT2D eigenvalue weighted by Crippen LogP contribution is -2.30. The van der Waals surface area contributed by atoms with Gasteiger partial charge in [-0.2, -0.15) is 5.26 Å². The zero-order valence-corrected chi connectivity index (χ0v) is 11.2. The van der Waals surface area contributed by atoms with Crippen molar-refractivity contribution in [2.24, 2.45) is 0 Å². The molecule has 1 atom stereocenters. The second-order valence-corrected chi connectivity index (χ2v) is 4.42. The van der Waals surface area contributed by atoms with Gasteiger partial charge in [0.05, 0.1) is 22.3 Å². The van der Waals surface area contributed by atoms with Crippen LogP contribution in [0.25, 0.3) is 0 Å². The molecule has 0 saturated carbocycles. The number of nitriles is 1. The first-order valence-corrected chi connectivity index (χ1v) is 6.17. The van der Waals surface area contributed by atoms with Crippen LogP contribution in [-0.2, 0) is 4.79 Å². The van der Waals surface area contributed by atoms with Crippen molar-refractivity contribution in [2.45, 2.75) is 26.3 Å². The van der Waals surface area contributed by atoms with E-state index in [1.165, 1.54) is 6.07 Å². The monoisotopic (exact) mass is 265 g/mol. The molecule has 0 spiro atoms. The Balaban J connectivity index is 2.62. The Kier molecular flexibility index (Phi) is 5.63. The molecule has 1 unspecified atom stereocenters. The molecule has 0 saturated heterocycles. The minimum absolute atomic E-state index is 0.102. The molecule has 1 amide bonds. The van der Waals surface area contributed by atoms with Crippen LogP contribution < -0.4 is 10.6 Å². The molecule has 0 radical (unpaired) electrons. The van der Waals surface area contributed by atoms with Gasteiger partial charge >= 0.3 is 0 Å². The van der Waals surface area contributed by atoms with E-state index < -0.39 is 0 Å². The van der Waals surface area contributed by atoms with Crippen molar-refractivity contribution in [1.82, 2.24) is 5.32 Å². The molecule has 5 heteroatoms. The van der Waals surface area contributed by atoms with Gasteiger partial charge in [0.1, 0.15) is 0 Å². The van der Waals surface area contributed by atoms with Crippen LogP contribution in [0.3, 0.4) is 0 Å². The van der Waals surface area contributed by atoms with Gasteiger partial charge in [-0.1, -0.05) is 18.5 Å². The van der Waals surface area contributed by atoms with E-state index in [9.17, 15) is 4.79 Å². The van der Waals surface area contributed by atoms with Crippen molar-refractivity contribution >= 4 is 23.2 Å². The second kappa shape index (κ2) is 7.00. The smallest absolute Gasteiger partial charge is 0.225 e. The van der Waals surface area contributed by atoms with Gasteiger partial charge in [0.15, 0.2) is 0 Å². The van der Waals surface area contributed by atoms with Gasteiger partial charge in [-0.05, 0) is 31.7 Å². The number of carbonyl (C=O) groups excluding carboxylic acids is 1. The SMILES string of the molecule is CCNC(C)CC(=O)Nc1ccc(C#N)cc1Cl. The molecule has 18 heavy (non-hydrogen) atoms. The summed E-state index contributed by atoms with van der Waals surface area (Å²) < 4.78 is 0. The zero-order chi connectivity index (χ0) is 13.5. The first kappa shape index (κ1) is 14.5. The first-order valence-electron chi connectivity index (χ1n) is 5.79. The van der Waals surface area contributed by atoms with E-state index in [1.807, 2.05) is 19.9 Å². The van der Waals surface area contributed by atoms with Gasteiger partial charge in [-0.25, -0.2) is 0 Å². The molecule has 96 valence electrons. The second-order valence-electron chi connectivity index (χ2n) is 4.02. The molecule has 0 aromatic heterocycles. The maximum Gasteiger partial charge on any atom is 0.225 e. The zero-order valence-electron chi connectivity index (χ0n) is 10.5. The lowest BCUT2D eigenvalue weighted by atomic mass is 10.2. The van der Waals surface area contributed by atoms with Gasteiger partial charge < -0.3 is 10.6 Å². The molecule has 0 fully saturated rings. The number of nitrogens with one attached hydrogen (secondary N) is 2. The normalized spacial score (nSPS) is 11.7. The van der Waals surface area contributed by atoms with Gasteiger partial charge in [-0.15, -0.1) is 0 Å². The highest BCUT2D eigenvalue weighted by Gasteiger charge is 2.10. The maximum atomic E-state index is 11.7. The summed E-state index contributed by atoms with van der Waals surface area (Å²) in [5.41, 5.74) is 1.00. The number of carbonyl (C=O) groups is 1. The van der Waals surface area contributed by atoms with Crippen molar-refractivity contribution in [3.63, 3.8) is 0 Å². The van der Waals surface area contributed by atoms with Crippen molar-refractivity contribution in [3.8, 4) is 6.07 Å². The summed E-state index contributed by atoms with van der Waals surface area (Å²) in [5.74, 6) is -0.102. The number of hydrogen-bond acceptors (Lipinski definition) is 3. The van der Waals surface area contributed by atoms with Crippen LogP contribution in [0.1, 0.15) is 25.8 Å². The highest BCUT2D eigenvalue weighted by Crippen LogP contribution is 2.22. The Hall–Kier alpha value is -1.57. The lowest BCUT2D eigenvalue weighted by molar-refractivity contribution is -0.116. The van der Waals surface area contributed by atoms with E-state index in [0.717, 1.165) is 6.54 Å². The summed E-state index contributed by atoms with van der Waals surface area (Å²) in [4.78, 5) is 11.7. The summed E-state index contributed by atoms with van der Waals surface area (Å²) in [7, 11) is 0. The van der Waals surface area contributed by atoms with Gasteiger partial charge in [0.25, 0.3) is 0 Å². The Morgan fingerprint density at radius 2 is 2.28 bits per heavy atom. The largest absolute Gasteiger partial charge is 0.325 e. The highest BCUT2D eigenvalue weighted by atomic mass is 35.5. The molecule has 0 aliphatic heterocycles. The number of benzene rings is 1. The molecule has 1 rings (SSSR count). The van der Waals surface area contributed by atoms with Crippen molar-refractivity contribution in [3.05, 3.63) is 28.8 Å². The van der Waals surface area contributed by atoms with E-state index in [4.69, 9.17) is 16.9 Å².